The fraction of sp³-hybridized carbons (Fsp3) is 0. The average Bonchev–Trinajstić information content (AvgIpc) is 2.11. The molecular formula is C6F7I. The van der Waals surface area contributed by atoms with Gasteiger partial charge in [0.25, 0.3) is 0 Å². The third kappa shape index (κ3) is 1.66. The van der Waals surface area contributed by atoms with Crippen molar-refractivity contribution in [3.63, 3.8) is 0 Å². The molecule has 8 heteroatoms. The molecule has 0 spiro atoms. The van der Waals surface area contributed by atoms with E-state index in [1.807, 2.05) is 0 Å². The summed E-state index contributed by atoms with van der Waals surface area (Å²) in [5, 5.41) is 0. The van der Waals surface area contributed by atoms with Gasteiger partial charge in [-0.1, -0.05) is 0 Å². The summed E-state index contributed by atoms with van der Waals surface area (Å²) in [4.78, 5) is 0. The molecule has 1 aromatic rings. The van der Waals surface area contributed by atoms with Gasteiger partial charge in [0.05, 0.1) is 0 Å². The monoisotopic (exact) mass is 332 g/mol. The predicted octanol–water partition coefficient (Wildman–Crippen LogP) is 3.83. The van der Waals surface area contributed by atoms with Crippen molar-refractivity contribution in [1.29, 1.82) is 0 Å². The second-order valence-corrected chi connectivity index (χ2v) is 4.28. The molecule has 0 heterocycles. The van der Waals surface area contributed by atoms with Crippen LogP contribution in [0.25, 0.3) is 0 Å². The van der Waals surface area contributed by atoms with Crippen molar-refractivity contribution in [2.45, 2.75) is 0 Å². The minimum absolute atomic E-state index is 1.95. The van der Waals surface area contributed by atoms with Crippen LogP contribution in [0.2, 0.25) is 0 Å². The molecule has 0 unspecified atom stereocenters. The van der Waals surface area contributed by atoms with E-state index in [2.05, 4.69) is 0 Å². The predicted molar refractivity (Wildman–Crippen MR) is 41.2 cm³/mol. The Labute approximate surface area is 81.7 Å². The molecule has 1 aromatic carbocycles. The van der Waals surface area contributed by atoms with Crippen LogP contribution in [0.5, 0.6) is 0 Å². The van der Waals surface area contributed by atoms with E-state index in [9.17, 15) is 27.7 Å². The van der Waals surface area contributed by atoms with Crippen LogP contribution >= 0.6 is 21.0 Å². The molecule has 0 amide bonds. The fourth-order valence-electron chi connectivity index (χ4n) is 0.704. The van der Waals surface area contributed by atoms with Gasteiger partial charge in [-0.25, -0.2) is 0 Å². The van der Waals surface area contributed by atoms with Crippen LogP contribution in [0.15, 0.2) is 0 Å². The van der Waals surface area contributed by atoms with Crippen LogP contribution in [0.4, 0.5) is 27.7 Å². The van der Waals surface area contributed by atoms with Crippen LogP contribution in [-0.4, -0.2) is 0 Å². The Morgan fingerprint density at radius 2 is 0.857 bits per heavy atom. The van der Waals surface area contributed by atoms with Gasteiger partial charge in [0.2, 0.25) is 0 Å². The summed E-state index contributed by atoms with van der Waals surface area (Å²) in [5.41, 5.74) is 0. The molecule has 0 radical (unpaired) electrons. The first-order valence-corrected chi connectivity index (χ1v) is 5.63. The molecule has 0 fully saturated rings. The number of hydrogen-bond donors (Lipinski definition) is 0. The Morgan fingerprint density at radius 3 is 1.14 bits per heavy atom. The van der Waals surface area contributed by atoms with Crippen LogP contribution in [0.1, 0.15) is 0 Å². The van der Waals surface area contributed by atoms with Gasteiger partial charge in [-0.2, -0.15) is 0 Å². The van der Waals surface area contributed by atoms with Gasteiger partial charge >= 0.3 is 81.3 Å². The number of halogens is 8. The number of rotatable bonds is 1. The zero-order chi connectivity index (χ0) is 11.0. The van der Waals surface area contributed by atoms with E-state index in [4.69, 9.17) is 0 Å². The molecule has 0 atom stereocenters. The second-order valence-electron chi connectivity index (χ2n) is 2.08. The molecule has 1 rings (SSSR count). The van der Waals surface area contributed by atoms with Gasteiger partial charge in [-0.05, 0) is 0 Å². The van der Waals surface area contributed by atoms with Crippen LogP contribution < -0.4 is 0 Å². The van der Waals surface area contributed by atoms with E-state index in [1.54, 1.807) is 0 Å². The first-order chi connectivity index (χ1) is 6.37. The van der Waals surface area contributed by atoms with Crippen LogP contribution in [0, 0.1) is 32.7 Å². The van der Waals surface area contributed by atoms with E-state index in [1.165, 1.54) is 0 Å². The first-order valence-electron chi connectivity index (χ1n) is 2.92. The van der Waals surface area contributed by atoms with E-state index < -0.39 is 53.6 Å². The van der Waals surface area contributed by atoms with Gasteiger partial charge in [0.1, 0.15) is 0 Å². The third-order valence-corrected chi connectivity index (χ3v) is 3.06. The van der Waals surface area contributed by atoms with Crippen molar-refractivity contribution in [2.24, 2.45) is 0 Å². The molecule has 0 aliphatic heterocycles. The second kappa shape index (κ2) is 3.91. The molecule has 0 aliphatic carbocycles. The maximum absolute atomic E-state index is 12.5. The third-order valence-electron chi connectivity index (χ3n) is 1.30. The van der Waals surface area contributed by atoms with Crippen molar-refractivity contribution in [3.05, 3.63) is 32.7 Å². The summed E-state index contributed by atoms with van der Waals surface area (Å²) < 4.78 is 83.9. The zero-order valence-corrected chi connectivity index (χ0v) is 8.18. The van der Waals surface area contributed by atoms with Crippen molar-refractivity contribution >= 4 is 21.0 Å². The van der Waals surface area contributed by atoms with Gasteiger partial charge in [-0.15, -0.1) is 0 Å². The van der Waals surface area contributed by atoms with Crippen molar-refractivity contribution in [2.75, 3.05) is 0 Å². The number of benzene rings is 1. The van der Waals surface area contributed by atoms with E-state index >= 15 is 0 Å². The fourth-order valence-corrected chi connectivity index (χ4v) is 1.89. The molecule has 0 nitrogen and oxygen atoms in total. The first kappa shape index (κ1) is 11.5. The van der Waals surface area contributed by atoms with Crippen molar-refractivity contribution < 1.29 is 27.7 Å². The Hall–Kier alpha value is -0.540. The molecule has 80 valence electrons. The summed E-state index contributed by atoms with van der Waals surface area (Å²) in [7, 11) is 0. The number of hydrogen-bond acceptors (Lipinski definition) is 0. The van der Waals surface area contributed by atoms with Crippen molar-refractivity contribution in [3.8, 4) is 0 Å². The van der Waals surface area contributed by atoms with Crippen molar-refractivity contribution in [1.82, 2.24) is 0 Å². The molecule has 0 bridgehead atoms. The Kier molecular flexibility index (Phi) is 3.22. The molecule has 0 aromatic heterocycles. The van der Waals surface area contributed by atoms with E-state index in [0.717, 1.165) is 0 Å². The zero-order valence-electron chi connectivity index (χ0n) is 6.02. The summed E-state index contributed by atoms with van der Waals surface area (Å²) >= 11 is -5.25. The Morgan fingerprint density at radius 1 is 0.571 bits per heavy atom. The van der Waals surface area contributed by atoms with Gasteiger partial charge in [0, 0.05) is 0 Å². The SMILES string of the molecule is Fc1c(F)c(F)c(I(F)F)c(F)c1F. The van der Waals surface area contributed by atoms with Crippen LogP contribution in [0.3, 0.4) is 0 Å². The van der Waals surface area contributed by atoms with E-state index in [-0.39, 0.29) is 0 Å². The molecule has 14 heavy (non-hydrogen) atoms. The van der Waals surface area contributed by atoms with Crippen LogP contribution in [-0.2, 0) is 0 Å². The summed E-state index contributed by atoms with van der Waals surface area (Å²) in [5.74, 6) is -12.0. The Balaban J connectivity index is 3.60. The molecule has 0 saturated heterocycles. The summed E-state index contributed by atoms with van der Waals surface area (Å²) in [6, 6.07) is 0. The summed E-state index contributed by atoms with van der Waals surface area (Å²) in [6.45, 7) is 0. The quantitative estimate of drug-likeness (QED) is 0.317. The average molecular weight is 332 g/mol. The normalized spacial score (nSPS) is 11.8. The van der Waals surface area contributed by atoms with Gasteiger partial charge in [0.15, 0.2) is 0 Å². The molecule has 0 aliphatic rings. The molecular weight excluding hydrogens is 332 g/mol. The van der Waals surface area contributed by atoms with E-state index in [0.29, 0.717) is 0 Å². The Bertz CT molecular complexity index is 346. The molecule has 0 saturated carbocycles. The van der Waals surface area contributed by atoms with Gasteiger partial charge in [-0.3, -0.25) is 0 Å². The topological polar surface area (TPSA) is 0 Å². The van der Waals surface area contributed by atoms with Gasteiger partial charge < -0.3 is 0 Å². The summed E-state index contributed by atoms with van der Waals surface area (Å²) in [6.07, 6.45) is 0. The maximum atomic E-state index is 12.5. The molecule has 0 N–H and O–H groups in total. The minimum atomic E-state index is -5.25. The standard InChI is InChI=1S/C6F7I/c7-1-2(8)4(10)6(14(12)13)5(11)3(1)9.